The SMILES string of the molecule is CCNC(=NCC(O)c1ccccc1Cl)NCC1CC(=O)N(CCc2ccccc2)C1. The fourth-order valence-electron chi connectivity index (χ4n) is 3.72. The quantitative estimate of drug-likeness (QED) is 0.412. The van der Waals surface area contributed by atoms with Crippen molar-refractivity contribution in [3.05, 3.63) is 70.7 Å². The van der Waals surface area contributed by atoms with Gasteiger partial charge < -0.3 is 20.6 Å². The van der Waals surface area contributed by atoms with Gasteiger partial charge in [-0.05, 0) is 25.0 Å². The van der Waals surface area contributed by atoms with Crippen LogP contribution in [0.1, 0.15) is 30.6 Å². The number of aliphatic hydroxyl groups is 1. The maximum atomic E-state index is 12.4. The molecule has 0 saturated carbocycles. The molecular weight excluding hydrogens is 412 g/mol. The largest absolute Gasteiger partial charge is 0.386 e. The van der Waals surface area contributed by atoms with Crippen LogP contribution in [0, 0.1) is 5.92 Å². The van der Waals surface area contributed by atoms with E-state index < -0.39 is 6.10 Å². The number of likely N-dealkylation sites (tertiary alicyclic amines) is 1. The first-order valence-electron chi connectivity index (χ1n) is 10.8. The zero-order valence-corrected chi connectivity index (χ0v) is 18.7. The van der Waals surface area contributed by atoms with Crippen LogP contribution in [-0.2, 0) is 11.2 Å². The van der Waals surface area contributed by atoms with Crippen molar-refractivity contribution in [1.82, 2.24) is 15.5 Å². The van der Waals surface area contributed by atoms with Gasteiger partial charge in [0.2, 0.25) is 5.91 Å². The van der Waals surface area contributed by atoms with Gasteiger partial charge in [-0.3, -0.25) is 9.79 Å². The molecule has 1 saturated heterocycles. The molecule has 0 aromatic heterocycles. The molecule has 2 unspecified atom stereocenters. The van der Waals surface area contributed by atoms with Gasteiger partial charge in [0.05, 0.1) is 6.54 Å². The summed E-state index contributed by atoms with van der Waals surface area (Å²) >= 11 is 6.16. The Kier molecular flexibility index (Phi) is 8.74. The molecule has 31 heavy (non-hydrogen) atoms. The minimum Gasteiger partial charge on any atom is -0.386 e. The highest BCUT2D eigenvalue weighted by molar-refractivity contribution is 6.31. The second-order valence-electron chi connectivity index (χ2n) is 7.78. The summed E-state index contributed by atoms with van der Waals surface area (Å²) in [7, 11) is 0. The lowest BCUT2D eigenvalue weighted by Crippen LogP contribution is -2.40. The van der Waals surface area contributed by atoms with E-state index in [0.29, 0.717) is 36.1 Å². The van der Waals surface area contributed by atoms with Crippen LogP contribution >= 0.6 is 11.6 Å². The zero-order chi connectivity index (χ0) is 22.1. The van der Waals surface area contributed by atoms with Crippen LogP contribution in [0.4, 0.5) is 0 Å². The van der Waals surface area contributed by atoms with Gasteiger partial charge in [0, 0.05) is 49.1 Å². The van der Waals surface area contributed by atoms with Gasteiger partial charge in [-0.2, -0.15) is 0 Å². The second-order valence-corrected chi connectivity index (χ2v) is 8.19. The third-order valence-electron chi connectivity index (χ3n) is 5.40. The normalized spacial score (nSPS) is 17.6. The number of hydrogen-bond acceptors (Lipinski definition) is 3. The molecule has 1 fully saturated rings. The van der Waals surface area contributed by atoms with Crippen LogP contribution in [0.3, 0.4) is 0 Å². The van der Waals surface area contributed by atoms with Gasteiger partial charge in [-0.25, -0.2) is 0 Å². The molecular formula is C24H31ClN4O2. The average molecular weight is 443 g/mol. The van der Waals surface area contributed by atoms with E-state index in [1.807, 2.05) is 42.2 Å². The lowest BCUT2D eigenvalue weighted by molar-refractivity contribution is -0.127. The van der Waals surface area contributed by atoms with E-state index in [4.69, 9.17) is 11.6 Å². The van der Waals surface area contributed by atoms with E-state index in [1.165, 1.54) is 5.56 Å². The Labute approximate surface area is 189 Å². The fourth-order valence-corrected chi connectivity index (χ4v) is 3.98. The number of carbonyl (C=O) groups is 1. The lowest BCUT2D eigenvalue weighted by atomic mass is 10.1. The monoisotopic (exact) mass is 442 g/mol. The van der Waals surface area contributed by atoms with E-state index in [9.17, 15) is 9.90 Å². The predicted molar refractivity (Wildman–Crippen MR) is 125 cm³/mol. The van der Waals surface area contributed by atoms with Gasteiger partial charge >= 0.3 is 0 Å². The summed E-state index contributed by atoms with van der Waals surface area (Å²) in [5.74, 6) is 1.07. The van der Waals surface area contributed by atoms with E-state index in [0.717, 1.165) is 19.5 Å². The summed E-state index contributed by atoms with van der Waals surface area (Å²) in [6.45, 7) is 5.05. The lowest BCUT2D eigenvalue weighted by Gasteiger charge is -2.18. The highest BCUT2D eigenvalue weighted by Gasteiger charge is 2.29. The predicted octanol–water partition coefficient (Wildman–Crippen LogP) is 3.02. The van der Waals surface area contributed by atoms with Crippen LogP contribution in [-0.4, -0.2) is 54.6 Å². The first-order chi connectivity index (χ1) is 15.1. The van der Waals surface area contributed by atoms with Gasteiger partial charge in [-0.15, -0.1) is 0 Å². The van der Waals surface area contributed by atoms with E-state index in [1.54, 1.807) is 12.1 Å². The van der Waals surface area contributed by atoms with E-state index in [-0.39, 0.29) is 18.4 Å². The third kappa shape index (κ3) is 6.97. The number of carbonyl (C=O) groups excluding carboxylic acids is 1. The zero-order valence-electron chi connectivity index (χ0n) is 17.9. The minimum atomic E-state index is -0.773. The van der Waals surface area contributed by atoms with Crippen molar-refractivity contribution in [2.24, 2.45) is 10.9 Å². The molecule has 1 amide bonds. The van der Waals surface area contributed by atoms with Gasteiger partial charge in [0.25, 0.3) is 0 Å². The van der Waals surface area contributed by atoms with Crippen molar-refractivity contribution >= 4 is 23.5 Å². The Bertz CT molecular complexity index is 875. The Morgan fingerprint density at radius 3 is 2.68 bits per heavy atom. The molecule has 0 spiro atoms. The van der Waals surface area contributed by atoms with Crippen LogP contribution in [0.5, 0.6) is 0 Å². The van der Waals surface area contributed by atoms with Crippen molar-refractivity contribution in [1.29, 1.82) is 0 Å². The van der Waals surface area contributed by atoms with Crippen LogP contribution in [0.2, 0.25) is 5.02 Å². The Morgan fingerprint density at radius 2 is 1.94 bits per heavy atom. The molecule has 1 aliphatic rings. The summed E-state index contributed by atoms with van der Waals surface area (Å²) in [5.41, 5.74) is 1.91. The van der Waals surface area contributed by atoms with Crippen molar-refractivity contribution in [3.63, 3.8) is 0 Å². The van der Waals surface area contributed by atoms with Crippen LogP contribution in [0.25, 0.3) is 0 Å². The number of hydrogen-bond donors (Lipinski definition) is 3. The summed E-state index contributed by atoms with van der Waals surface area (Å²) in [5, 5.41) is 17.5. The molecule has 2 aromatic carbocycles. The van der Waals surface area contributed by atoms with Gasteiger partial charge in [0.1, 0.15) is 6.10 Å². The Morgan fingerprint density at radius 1 is 1.19 bits per heavy atom. The molecule has 0 bridgehead atoms. The number of amides is 1. The Hall–Kier alpha value is -2.57. The fraction of sp³-hybridized carbons (Fsp3) is 0.417. The highest BCUT2D eigenvalue weighted by atomic mass is 35.5. The molecule has 3 rings (SSSR count). The number of aliphatic imine (C=N–C) groups is 1. The maximum absolute atomic E-state index is 12.4. The molecule has 0 aliphatic carbocycles. The first-order valence-corrected chi connectivity index (χ1v) is 11.2. The molecule has 3 N–H and O–H groups in total. The molecule has 7 heteroatoms. The standard InChI is InChI=1S/C24H31ClN4O2/c1-2-26-24(28-16-22(30)20-10-6-7-11-21(20)25)27-15-19-14-23(31)29(17-19)13-12-18-8-4-3-5-9-18/h3-11,19,22,30H,2,12-17H2,1H3,(H2,26,27,28). The number of rotatable bonds is 9. The Balaban J connectivity index is 1.48. The molecule has 2 aromatic rings. The molecule has 1 aliphatic heterocycles. The van der Waals surface area contributed by atoms with Crippen LogP contribution in [0.15, 0.2) is 59.6 Å². The van der Waals surface area contributed by atoms with Crippen molar-refractivity contribution < 1.29 is 9.90 Å². The molecule has 2 atom stereocenters. The number of benzene rings is 2. The summed E-state index contributed by atoms with van der Waals surface area (Å²) in [6, 6.07) is 17.5. The smallest absolute Gasteiger partial charge is 0.223 e. The topological polar surface area (TPSA) is 77.0 Å². The molecule has 0 radical (unpaired) electrons. The van der Waals surface area contributed by atoms with E-state index >= 15 is 0 Å². The number of aliphatic hydroxyl groups excluding tert-OH is 1. The minimum absolute atomic E-state index is 0.200. The number of guanidine groups is 1. The van der Waals surface area contributed by atoms with Crippen molar-refractivity contribution in [2.75, 3.05) is 32.7 Å². The third-order valence-corrected chi connectivity index (χ3v) is 5.74. The maximum Gasteiger partial charge on any atom is 0.223 e. The summed E-state index contributed by atoms with van der Waals surface area (Å²) < 4.78 is 0. The van der Waals surface area contributed by atoms with Crippen LogP contribution < -0.4 is 10.6 Å². The number of halogens is 1. The molecule has 166 valence electrons. The molecule has 6 nitrogen and oxygen atoms in total. The highest BCUT2D eigenvalue weighted by Crippen LogP contribution is 2.22. The number of nitrogens with one attached hydrogen (secondary N) is 2. The van der Waals surface area contributed by atoms with Crippen molar-refractivity contribution in [2.45, 2.75) is 25.9 Å². The average Bonchev–Trinajstić information content (AvgIpc) is 3.14. The van der Waals surface area contributed by atoms with E-state index in [2.05, 4.69) is 27.8 Å². The van der Waals surface area contributed by atoms with Gasteiger partial charge in [0.15, 0.2) is 5.96 Å². The summed E-state index contributed by atoms with van der Waals surface area (Å²) in [4.78, 5) is 18.8. The summed E-state index contributed by atoms with van der Waals surface area (Å²) in [6.07, 6.45) is 0.644. The second kappa shape index (κ2) is 11.7. The first kappa shape index (κ1) is 23.1. The molecule has 1 heterocycles. The van der Waals surface area contributed by atoms with Crippen molar-refractivity contribution in [3.8, 4) is 0 Å². The number of nitrogens with zero attached hydrogens (tertiary/aromatic N) is 2. The van der Waals surface area contributed by atoms with Gasteiger partial charge in [-0.1, -0.05) is 60.1 Å².